The Morgan fingerprint density at radius 1 is 1.39 bits per heavy atom. The second-order valence-corrected chi connectivity index (χ2v) is 3.84. The molecular weight excluding hydrogens is 232 g/mol. The smallest absolute Gasteiger partial charge is 0.338 e. The number of nitrogens with zero attached hydrogens (tertiary/aromatic N) is 1. The van der Waals surface area contributed by atoms with E-state index in [2.05, 4.69) is 0 Å². The Morgan fingerprint density at radius 2 is 2.06 bits per heavy atom. The van der Waals surface area contributed by atoms with Gasteiger partial charge in [-0.05, 0) is 19.1 Å². The van der Waals surface area contributed by atoms with Gasteiger partial charge in [0, 0.05) is 5.69 Å². The van der Waals surface area contributed by atoms with Gasteiger partial charge in [0.25, 0.3) is 5.91 Å². The molecule has 0 bridgehead atoms. The Balaban J connectivity index is 2.23. The van der Waals surface area contributed by atoms with Crippen molar-refractivity contribution in [3.05, 3.63) is 41.6 Å². The number of rotatable bonds is 3. The maximum Gasteiger partial charge on any atom is 0.338 e. The fraction of sp³-hybridized carbons (Fsp3) is 0.231. The van der Waals surface area contributed by atoms with Crippen molar-refractivity contribution in [2.75, 3.05) is 18.1 Å². The number of amides is 1. The van der Waals surface area contributed by atoms with Gasteiger partial charge in [0.2, 0.25) is 0 Å². The zero-order valence-corrected chi connectivity index (χ0v) is 10.1. The molecule has 0 saturated carbocycles. The van der Waals surface area contributed by atoms with E-state index >= 15 is 0 Å². The molecule has 1 aliphatic rings. The summed E-state index contributed by atoms with van der Waals surface area (Å²) in [7, 11) is 0. The Hall–Kier alpha value is -2.30. The highest BCUT2D eigenvalue weighted by atomic mass is 16.5. The molecule has 18 heavy (non-hydrogen) atoms. The predicted octanol–water partition coefficient (Wildman–Crippen LogP) is 0.809. The van der Waals surface area contributed by atoms with Gasteiger partial charge < -0.3 is 15.4 Å². The largest absolute Gasteiger partial charge is 0.463 e. The van der Waals surface area contributed by atoms with Crippen LogP contribution in [0, 0.1) is 0 Å². The Labute approximate surface area is 105 Å². The fourth-order valence-corrected chi connectivity index (χ4v) is 1.80. The third-order valence-electron chi connectivity index (χ3n) is 2.71. The van der Waals surface area contributed by atoms with Crippen LogP contribution in [0.5, 0.6) is 0 Å². The molecule has 0 radical (unpaired) electrons. The number of carbonyl (C=O) groups is 2. The first-order chi connectivity index (χ1) is 8.65. The van der Waals surface area contributed by atoms with Gasteiger partial charge in [0.05, 0.1) is 18.7 Å². The first-order valence-corrected chi connectivity index (χ1v) is 5.67. The summed E-state index contributed by atoms with van der Waals surface area (Å²) in [6.45, 7) is 2.13. The topological polar surface area (TPSA) is 72.6 Å². The maximum atomic E-state index is 12.0. The number of carbonyl (C=O) groups excluding carboxylic acids is 2. The molecule has 2 N–H and O–H groups in total. The van der Waals surface area contributed by atoms with Gasteiger partial charge in [0.1, 0.15) is 5.70 Å². The van der Waals surface area contributed by atoms with Crippen molar-refractivity contribution >= 4 is 17.6 Å². The van der Waals surface area contributed by atoms with E-state index in [1.807, 2.05) is 18.2 Å². The molecule has 1 aromatic carbocycles. The van der Waals surface area contributed by atoms with Crippen molar-refractivity contribution in [1.82, 2.24) is 0 Å². The standard InChI is InChI=1S/C13H14N2O3/c1-2-18-13(17)10-8-15(12(16)11(10)14)9-6-4-3-5-7-9/h3-7H,2,8,14H2,1H3. The van der Waals surface area contributed by atoms with Gasteiger partial charge in [-0.2, -0.15) is 0 Å². The Bertz CT molecular complexity index is 508. The lowest BCUT2D eigenvalue weighted by Gasteiger charge is -2.16. The highest BCUT2D eigenvalue weighted by Gasteiger charge is 2.33. The van der Waals surface area contributed by atoms with Crippen LogP contribution in [0.4, 0.5) is 5.69 Å². The van der Waals surface area contributed by atoms with Crippen molar-refractivity contribution < 1.29 is 14.3 Å². The molecule has 94 valence electrons. The monoisotopic (exact) mass is 246 g/mol. The zero-order valence-electron chi connectivity index (χ0n) is 10.1. The van der Waals surface area contributed by atoms with E-state index in [4.69, 9.17) is 10.5 Å². The van der Waals surface area contributed by atoms with Gasteiger partial charge in [-0.15, -0.1) is 0 Å². The molecule has 1 heterocycles. The first-order valence-electron chi connectivity index (χ1n) is 5.67. The van der Waals surface area contributed by atoms with Crippen LogP contribution >= 0.6 is 0 Å². The highest BCUT2D eigenvalue weighted by molar-refractivity contribution is 6.14. The molecule has 1 amide bonds. The molecule has 1 aliphatic heterocycles. The van der Waals surface area contributed by atoms with Crippen LogP contribution in [0.2, 0.25) is 0 Å². The van der Waals surface area contributed by atoms with E-state index in [1.165, 1.54) is 4.90 Å². The van der Waals surface area contributed by atoms with Crippen LogP contribution in [-0.4, -0.2) is 25.0 Å². The summed E-state index contributed by atoms with van der Waals surface area (Å²) in [5.41, 5.74) is 6.58. The van der Waals surface area contributed by atoms with E-state index in [0.717, 1.165) is 0 Å². The summed E-state index contributed by atoms with van der Waals surface area (Å²) < 4.78 is 4.87. The van der Waals surface area contributed by atoms with Gasteiger partial charge in [-0.25, -0.2) is 4.79 Å². The van der Waals surface area contributed by atoms with E-state index < -0.39 is 5.97 Å². The molecule has 0 aromatic heterocycles. The molecule has 0 fully saturated rings. The molecule has 0 aliphatic carbocycles. The SMILES string of the molecule is CCOC(=O)C1=C(N)C(=O)N(c2ccccc2)C1. The second-order valence-electron chi connectivity index (χ2n) is 3.84. The van der Waals surface area contributed by atoms with Crippen molar-refractivity contribution in [3.63, 3.8) is 0 Å². The van der Waals surface area contributed by atoms with Gasteiger partial charge >= 0.3 is 5.97 Å². The molecule has 0 atom stereocenters. The quantitative estimate of drug-likeness (QED) is 0.801. The predicted molar refractivity (Wildman–Crippen MR) is 66.6 cm³/mol. The third kappa shape index (κ3) is 2.07. The third-order valence-corrected chi connectivity index (χ3v) is 2.71. The van der Waals surface area contributed by atoms with Gasteiger partial charge in [0.15, 0.2) is 0 Å². The first kappa shape index (κ1) is 12.2. The number of anilines is 1. The summed E-state index contributed by atoms with van der Waals surface area (Å²) >= 11 is 0. The van der Waals surface area contributed by atoms with Crippen molar-refractivity contribution in [2.24, 2.45) is 5.73 Å². The number of hydrogen-bond acceptors (Lipinski definition) is 4. The molecule has 0 unspecified atom stereocenters. The van der Waals surface area contributed by atoms with E-state index in [1.54, 1.807) is 19.1 Å². The fourth-order valence-electron chi connectivity index (χ4n) is 1.80. The van der Waals surface area contributed by atoms with E-state index in [-0.39, 0.29) is 30.3 Å². The minimum Gasteiger partial charge on any atom is -0.463 e. The van der Waals surface area contributed by atoms with Gasteiger partial charge in [-0.1, -0.05) is 18.2 Å². The summed E-state index contributed by atoms with van der Waals surface area (Å²) in [4.78, 5) is 25.1. The molecule has 0 saturated heterocycles. The maximum absolute atomic E-state index is 12.0. The number of ether oxygens (including phenoxy) is 1. The number of hydrogen-bond donors (Lipinski definition) is 1. The van der Waals surface area contributed by atoms with E-state index in [0.29, 0.717) is 5.69 Å². The molecule has 1 aromatic rings. The molecule has 2 rings (SSSR count). The molecule has 5 nitrogen and oxygen atoms in total. The highest BCUT2D eigenvalue weighted by Crippen LogP contribution is 2.23. The van der Waals surface area contributed by atoms with Crippen LogP contribution in [0.25, 0.3) is 0 Å². The Kier molecular flexibility index (Phi) is 3.32. The lowest BCUT2D eigenvalue weighted by Crippen LogP contribution is -2.28. The van der Waals surface area contributed by atoms with Crippen molar-refractivity contribution in [3.8, 4) is 0 Å². The zero-order chi connectivity index (χ0) is 13.1. The number of esters is 1. The second kappa shape index (κ2) is 4.91. The lowest BCUT2D eigenvalue weighted by molar-refractivity contribution is -0.138. The number of benzene rings is 1. The lowest BCUT2D eigenvalue weighted by atomic mass is 10.2. The summed E-state index contributed by atoms with van der Waals surface area (Å²) in [6.07, 6.45) is 0. The van der Waals surface area contributed by atoms with Crippen LogP contribution < -0.4 is 10.6 Å². The summed E-state index contributed by atoms with van der Waals surface area (Å²) in [5.74, 6) is -0.883. The average Bonchev–Trinajstić information content (AvgIpc) is 2.68. The van der Waals surface area contributed by atoms with Crippen LogP contribution in [0.3, 0.4) is 0 Å². The normalized spacial score (nSPS) is 15.2. The van der Waals surface area contributed by atoms with Crippen LogP contribution in [0.15, 0.2) is 41.6 Å². The van der Waals surface area contributed by atoms with Crippen LogP contribution in [-0.2, 0) is 14.3 Å². The molecule has 0 spiro atoms. The summed E-state index contributed by atoms with van der Waals surface area (Å²) in [6, 6.07) is 9.08. The number of para-hydroxylation sites is 1. The van der Waals surface area contributed by atoms with E-state index in [9.17, 15) is 9.59 Å². The van der Waals surface area contributed by atoms with Crippen molar-refractivity contribution in [1.29, 1.82) is 0 Å². The molecular formula is C13H14N2O3. The number of nitrogens with two attached hydrogens (primary N) is 1. The minimum atomic E-state index is -0.526. The average molecular weight is 246 g/mol. The molecule has 5 heteroatoms. The summed E-state index contributed by atoms with van der Waals surface area (Å²) in [5, 5.41) is 0. The van der Waals surface area contributed by atoms with Gasteiger partial charge in [-0.3, -0.25) is 4.79 Å². The van der Waals surface area contributed by atoms with Crippen LogP contribution in [0.1, 0.15) is 6.92 Å². The van der Waals surface area contributed by atoms with Crippen molar-refractivity contribution in [2.45, 2.75) is 6.92 Å². The minimum absolute atomic E-state index is 0.0303. The Morgan fingerprint density at radius 3 is 2.67 bits per heavy atom.